The maximum Gasteiger partial charge on any atom is 0.435 e. The quantitative estimate of drug-likeness (QED) is 0.210. The van der Waals surface area contributed by atoms with Crippen LogP contribution in [0.25, 0.3) is 28.3 Å². The number of rotatable bonds is 7. The Kier molecular flexibility index (Phi) is 6.69. The molecular weight excluding hydrogens is 595 g/mol. The third-order valence-corrected chi connectivity index (χ3v) is 7.92. The second kappa shape index (κ2) is 10.2. The summed E-state index contributed by atoms with van der Waals surface area (Å²) in [7, 11) is 1.32. The largest absolute Gasteiger partial charge is 0.435 e. The number of carbonyl (C=O) groups is 2. The highest BCUT2D eigenvalue weighted by molar-refractivity contribution is 6.34. The molecule has 2 atom stereocenters. The number of nitrogens with two attached hydrogens (primary N) is 1. The maximum atomic E-state index is 14.3. The lowest BCUT2D eigenvalue weighted by Gasteiger charge is -2.11. The van der Waals surface area contributed by atoms with Crippen molar-refractivity contribution in [1.29, 1.82) is 0 Å². The smallest absolute Gasteiger partial charge is 0.363 e. The number of carbonyl (C=O) groups excluding carboxylic acids is 2. The molecule has 222 valence electrons. The van der Waals surface area contributed by atoms with Crippen molar-refractivity contribution in [2.45, 2.75) is 12.2 Å². The third-order valence-electron chi connectivity index (χ3n) is 7.61. The Morgan fingerprint density at radius 1 is 1.21 bits per heavy atom. The van der Waals surface area contributed by atoms with Gasteiger partial charge in [-0.05, 0) is 30.0 Å². The summed E-state index contributed by atoms with van der Waals surface area (Å²) in [5.74, 6) is -1.11. The van der Waals surface area contributed by atoms with Gasteiger partial charge < -0.3 is 20.9 Å². The monoisotopic (exact) mass is 615 g/mol. The van der Waals surface area contributed by atoms with E-state index in [2.05, 4.69) is 25.7 Å². The summed E-state index contributed by atoms with van der Waals surface area (Å²) in [6, 6.07) is 6.53. The van der Waals surface area contributed by atoms with Gasteiger partial charge in [0.05, 0.1) is 32.5 Å². The summed E-state index contributed by atoms with van der Waals surface area (Å²) in [4.78, 5) is 43.5. The van der Waals surface area contributed by atoms with Gasteiger partial charge in [-0.3, -0.25) is 19.7 Å². The van der Waals surface area contributed by atoms with Gasteiger partial charge in [-0.2, -0.15) is 18.3 Å². The molecule has 1 aliphatic carbocycles. The van der Waals surface area contributed by atoms with E-state index in [9.17, 15) is 32.9 Å². The van der Waals surface area contributed by atoms with Crippen LogP contribution in [0.5, 0.6) is 0 Å². The number of nitro groups is 1. The summed E-state index contributed by atoms with van der Waals surface area (Å²) < 4.78 is 44.8. The Labute approximate surface area is 245 Å². The predicted octanol–water partition coefficient (Wildman–Crippen LogP) is 2.96. The van der Waals surface area contributed by atoms with E-state index in [1.807, 2.05) is 0 Å². The van der Waals surface area contributed by atoms with Gasteiger partial charge in [-0.1, -0.05) is 17.7 Å². The zero-order valence-electron chi connectivity index (χ0n) is 22.1. The normalized spacial score (nSPS) is 19.2. The molecule has 2 amide bonds. The molecule has 1 saturated heterocycles. The van der Waals surface area contributed by atoms with Gasteiger partial charge in [0, 0.05) is 44.0 Å². The van der Waals surface area contributed by atoms with Crippen LogP contribution in [0.4, 0.5) is 18.9 Å². The van der Waals surface area contributed by atoms with Crippen LogP contribution in [-0.4, -0.2) is 60.2 Å². The zero-order valence-corrected chi connectivity index (χ0v) is 22.8. The van der Waals surface area contributed by atoms with E-state index >= 15 is 0 Å². The molecule has 0 bridgehead atoms. The Bertz CT molecular complexity index is 1790. The average molecular weight is 616 g/mol. The molecule has 3 aromatic heterocycles. The van der Waals surface area contributed by atoms with Crippen molar-refractivity contribution < 1.29 is 27.7 Å². The van der Waals surface area contributed by atoms with Crippen LogP contribution in [0, 0.1) is 22.0 Å². The van der Waals surface area contributed by atoms with Crippen LogP contribution in [0.2, 0.25) is 5.02 Å². The number of piperidine rings is 1. The van der Waals surface area contributed by atoms with Crippen LogP contribution >= 0.6 is 11.6 Å². The molecule has 4 heterocycles. The molecule has 2 aliphatic rings. The first-order valence-corrected chi connectivity index (χ1v) is 13.2. The number of amides is 2. The number of fused-ring (bicyclic) bond motifs is 1. The zero-order chi connectivity index (χ0) is 30.8. The number of aromatic nitrogens is 5. The fourth-order valence-electron chi connectivity index (χ4n) is 5.43. The summed E-state index contributed by atoms with van der Waals surface area (Å²) in [5, 5.41) is 20.9. The highest BCUT2D eigenvalue weighted by Gasteiger charge is 2.53. The highest BCUT2D eigenvalue weighted by Crippen LogP contribution is 2.43. The van der Waals surface area contributed by atoms with Gasteiger partial charge in [0.15, 0.2) is 17.3 Å². The SMILES string of the molecule is Cn1c(C(N)=O)nc(-c2ccc(C(=O)NC3C4CNCC43)c(Cl)c2)c1-c1cn(-c2ccc([N+](=O)[O-])cn2)nc1C(F)(F)F. The lowest BCUT2D eigenvalue weighted by atomic mass is 10.0. The van der Waals surface area contributed by atoms with Gasteiger partial charge in [-0.15, -0.1) is 0 Å². The Balaban J connectivity index is 1.43. The maximum absolute atomic E-state index is 14.3. The highest BCUT2D eigenvalue weighted by atomic mass is 35.5. The molecule has 0 spiro atoms. The fourth-order valence-corrected chi connectivity index (χ4v) is 5.70. The lowest BCUT2D eigenvalue weighted by molar-refractivity contribution is -0.385. The number of imidazole rings is 1. The number of benzene rings is 1. The van der Waals surface area contributed by atoms with E-state index in [1.165, 1.54) is 25.2 Å². The van der Waals surface area contributed by atoms with Gasteiger partial charge in [0.2, 0.25) is 0 Å². The number of pyridine rings is 1. The van der Waals surface area contributed by atoms with E-state index in [4.69, 9.17) is 17.3 Å². The predicted molar refractivity (Wildman–Crippen MR) is 145 cm³/mol. The van der Waals surface area contributed by atoms with Crippen LogP contribution in [0.15, 0.2) is 42.7 Å². The number of hydrogen-bond donors (Lipinski definition) is 3. The third kappa shape index (κ3) is 4.97. The van der Waals surface area contributed by atoms with Gasteiger partial charge >= 0.3 is 6.18 Å². The number of halogens is 4. The minimum atomic E-state index is -4.97. The second-order valence-electron chi connectivity index (χ2n) is 10.2. The van der Waals surface area contributed by atoms with Gasteiger partial charge in [-0.25, -0.2) is 14.6 Å². The minimum absolute atomic E-state index is 0.0259. The molecule has 1 aliphatic heterocycles. The van der Waals surface area contributed by atoms with Crippen molar-refractivity contribution in [3.8, 4) is 28.3 Å². The number of nitrogens with one attached hydrogen (secondary N) is 2. The Hall–Kier alpha value is -4.83. The van der Waals surface area contributed by atoms with E-state index in [0.29, 0.717) is 11.8 Å². The van der Waals surface area contributed by atoms with E-state index in [-0.39, 0.29) is 56.8 Å². The standard InChI is InChI=1S/C26H21ClF3N9O4/c1-37-21(16-10-38(36-22(16)26(28,29)30)18-5-3-12(7-33-18)39(42)43)19(34-24(37)23(31)40)11-2-4-13(17(27)6-11)25(41)35-20-14-8-32-9-15(14)20/h2-7,10,14-15,20,32H,8-9H2,1H3,(H2,31,40)(H,35,41). The summed E-state index contributed by atoms with van der Waals surface area (Å²) in [6.45, 7) is 1.65. The first-order valence-electron chi connectivity index (χ1n) is 12.8. The molecule has 13 nitrogen and oxygen atoms in total. The topological polar surface area (TPSA) is 176 Å². The Morgan fingerprint density at radius 3 is 2.51 bits per heavy atom. The first-order chi connectivity index (χ1) is 20.3. The fraction of sp³-hybridized carbons (Fsp3) is 0.269. The van der Waals surface area contributed by atoms with E-state index < -0.39 is 28.3 Å². The van der Waals surface area contributed by atoms with Crippen molar-refractivity contribution in [3.05, 3.63) is 74.9 Å². The number of primary amides is 1. The van der Waals surface area contributed by atoms with Crippen molar-refractivity contribution in [2.75, 3.05) is 13.1 Å². The molecular formula is C26H21ClF3N9O4. The lowest BCUT2D eigenvalue weighted by Crippen LogP contribution is -2.32. The summed E-state index contributed by atoms with van der Waals surface area (Å²) in [6.07, 6.45) is -3.06. The van der Waals surface area contributed by atoms with Gasteiger partial charge in [0.1, 0.15) is 6.20 Å². The van der Waals surface area contributed by atoms with Crippen LogP contribution in [0.3, 0.4) is 0 Å². The van der Waals surface area contributed by atoms with Crippen LogP contribution < -0.4 is 16.4 Å². The van der Waals surface area contributed by atoms with Crippen molar-refractivity contribution in [3.63, 3.8) is 0 Å². The van der Waals surface area contributed by atoms with E-state index in [1.54, 1.807) is 0 Å². The van der Waals surface area contributed by atoms with E-state index in [0.717, 1.165) is 46.9 Å². The molecule has 6 rings (SSSR count). The molecule has 1 aromatic carbocycles. The molecule has 43 heavy (non-hydrogen) atoms. The molecule has 2 unspecified atom stereocenters. The molecule has 4 N–H and O–H groups in total. The Morgan fingerprint density at radius 2 is 1.93 bits per heavy atom. The summed E-state index contributed by atoms with van der Waals surface area (Å²) >= 11 is 6.48. The van der Waals surface area contributed by atoms with Crippen molar-refractivity contribution >= 4 is 29.1 Å². The number of alkyl halides is 3. The first kappa shape index (κ1) is 28.3. The minimum Gasteiger partial charge on any atom is -0.363 e. The number of hydrogen-bond acceptors (Lipinski definition) is 8. The molecule has 4 aromatic rings. The van der Waals surface area contributed by atoms with Crippen molar-refractivity contribution in [1.82, 2.24) is 34.9 Å². The molecule has 17 heteroatoms. The molecule has 1 saturated carbocycles. The number of nitrogens with zero attached hydrogens (tertiary/aromatic N) is 6. The second-order valence-corrected chi connectivity index (χ2v) is 10.6. The molecule has 0 radical (unpaired) electrons. The average Bonchev–Trinajstić information content (AvgIpc) is 3.38. The van der Waals surface area contributed by atoms with Crippen LogP contribution in [0.1, 0.15) is 26.7 Å². The molecule has 2 fully saturated rings. The van der Waals surface area contributed by atoms with Crippen LogP contribution in [-0.2, 0) is 13.2 Å². The van der Waals surface area contributed by atoms with Crippen molar-refractivity contribution in [2.24, 2.45) is 24.6 Å². The summed E-state index contributed by atoms with van der Waals surface area (Å²) in [5.41, 5.74) is 3.45. The van der Waals surface area contributed by atoms with Gasteiger partial charge in [0.25, 0.3) is 17.5 Å².